The lowest BCUT2D eigenvalue weighted by Gasteiger charge is -1.86. The standard InChI is InChI=1S/C3H7NO.C3H8O2.5CH4/c1-3(5)4-2;1-3-5-4-2;;;;;/h1-2H3,(H,4,5);3H2,1-2H3;5*1H4. The number of nitrogens with one attached hydrogen (secondary N) is 1. The first-order chi connectivity index (χ1) is 4.68. The molecule has 0 aromatic carbocycles. The average Bonchev–Trinajstić information content (AvgIpc) is 1.91. The topological polar surface area (TPSA) is 47.6 Å². The summed E-state index contributed by atoms with van der Waals surface area (Å²) in [6.45, 7) is 3.96. The summed E-state index contributed by atoms with van der Waals surface area (Å²) in [6, 6.07) is 0. The Kier molecular flexibility index (Phi) is 159. The molecule has 0 atom stereocenters. The van der Waals surface area contributed by atoms with Crippen LogP contribution in [0.25, 0.3) is 0 Å². The van der Waals surface area contributed by atoms with Crippen molar-refractivity contribution in [3.63, 3.8) is 0 Å². The molecule has 1 amide bonds. The Hall–Kier alpha value is -0.610. The molecule has 0 saturated carbocycles. The highest BCUT2D eigenvalue weighted by Crippen LogP contribution is 1.64. The molecule has 0 radical (unpaired) electrons. The Morgan fingerprint density at radius 1 is 1.13 bits per heavy atom. The molecule has 4 nitrogen and oxygen atoms in total. The van der Waals surface area contributed by atoms with E-state index in [2.05, 4.69) is 15.1 Å². The van der Waals surface area contributed by atoms with Gasteiger partial charge in [0.05, 0.1) is 13.7 Å². The molecule has 0 spiro atoms. The van der Waals surface area contributed by atoms with Crippen LogP contribution in [0.2, 0.25) is 0 Å². The van der Waals surface area contributed by atoms with Crippen molar-refractivity contribution in [1.29, 1.82) is 0 Å². The zero-order valence-electron chi connectivity index (χ0n) is 6.93. The van der Waals surface area contributed by atoms with Crippen LogP contribution in [-0.4, -0.2) is 26.7 Å². The van der Waals surface area contributed by atoms with Gasteiger partial charge in [-0.25, -0.2) is 9.78 Å². The van der Waals surface area contributed by atoms with Crippen molar-refractivity contribution in [1.82, 2.24) is 5.32 Å². The number of rotatable bonds is 2. The van der Waals surface area contributed by atoms with Crippen molar-refractivity contribution in [2.75, 3.05) is 20.8 Å². The Morgan fingerprint density at radius 3 is 1.40 bits per heavy atom. The predicted molar refractivity (Wildman–Crippen MR) is 72.0 cm³/mol. The normalized spacial score (nSPS) is 5.07. The summed E-state index contributed by atoms with van der Waals surface area (Å²) in [5.74, 6) is 0.00463. The fourth-order valence-electron chi connectivity index (χ4n) is 0.118. The number of amides is 1. The van der Waals surface area contributed by atoms with Crippen molar-refractivity contribution in [3.05, 3.63) is 0 Å². The molecule has 0 aromatic heterocycles. The maximum atomic E-state index is 9.70. The van der Waals surface area contributed by atoms with Gasteiger partial charge < -0.3 is 5.32 Å². The Balaban J connectivity index is -0.0000000128. The molecular formula is C11H35NO3. The molecule has 0 heterocycles. The van der Waals surface area contributed by atoms with Gasteiger partial charge in [0.15, 0.2) is 0 Å². The van der Waals surface area contributed by atoms with E-state index in [0.717, 1.165) is 0 Å². The van der Waals surface area contributed by atoms with Gasteiger partial charge >= 0.3 is 0 Å². The molecule has 0 saturated heterocycles. The lowest BCUT2D eigenvalue weighted by Crippen LogP contribution is -2.11. The highest BCUT2D eigenvalue weighted by molar-refractivity contribution is 5.72. The number of hydrogen-bond donors (Lipinski definition) is 1. The van der Waals surface area contributed by atoms with Crippen LogP contribution in [0.3, 0.4) is 0 Å². The summed E-state index contributed by atoms with van der Waals surface area (Å²) in [5, 5.41) is 2.39. The van der Waals surface area contributed by atoms with E-state index in [4.69, 9.17) is 0 Å². The molecule has 0 bridgehead atoms. The van der Waals surface area contributed by atoms with Crippen molar-refractivity contribution >= 4 is 5.91 Å². The molecule has 0 aliphatic heterocycles. The SMILES string of the molecule is C.C.C.C.C.CCOOC.CNC(C)=O. The lowest BCUT2D eigenvalue weighted by molar-refractivity contribution is -0.268. The van der Waals surface area contributed by atoms with E-state index < -0.39 is 0 Å². The third kappa shape index (κ3) is 151. The quantitative estimate of drug-likeness (QED) is 0.582. The number of carbonyl (C=O) groups is 1. The van der Waals surface area contributed by atoms with E-state index in [1.807, 2.05) is 6.92 Å². The minimum Gasteiger partial charge on any atom is -0.359 e. The van der Waals surface area contributed by atoms with Gasteiger partial charge in [0, 0.05) is 14.0 Å². The maximum Gasteiger partial charge on any atom is 0.216 e. The first kappa shape index (κ1) is 47.2. The van der Waals surface area contributed by atoms with Gasteiger partial charge in [-0.2, -0.15) is 0 Å². The monoisotopic (exact) mass is 229 g/mol. The molecular weight excluding hydrogens is 194 g/mol. The first-order valence-electron chi connectivity index (χ1n) is 3.02. The molecule has 4 heteroatoms. The minimum atomic E-state index is 0. The van der Waals surface area contributed by atoms with Gasteiger partial charge in [-0.1, -0.05) is 37.1 Å². The van der Waals surface area contributed by atoms with Crippen LogP contribution in [0.4, 0.5) is 0 Å². The Bertz CT molecular complexity index is 76.2. The van der Waals surface area contributed by atoms with Crippen LogP contribution >= 0.6 is 0 Å². The molecule has 0 aliphatic rings. The Morgan fingerprint density at radius 2 is 1.40 bits per heavy atom. The second-order valence-corrected chi connectivity index (χ2v) is 1.38. The fourth-order valence-corrected chi connectivity index (χ4v) is 0.118. The van der Waals surface area contributed by atoms with Gasteiger partial charge in [0.1, 0.15) is 0 Å². The zero-order chi connectivity index (χ0) is 8.41. The molecule has 0 aromatic rings. The summed E-state index contributed by atoms with van der Waals surface area (Å²) in [4.78, 5) is 18.2. The van der Waals surface area contributed by atoms with Gasteiger partial charge in [-0.15, -0.1) is 0 Å². The van der Waals surface area contributed by atoms with E-state index in [9.17, 15) is 4.79 Å². The van der Waals surface area contributed by atoms with Crippen molar-refractivity contribution in [3.8, 4) is 0 Å². The van der Waals surface area contributed by atoms with Gasteiger partial charge in [0.2, 0.25) is 5.91 Å². The fraction of sp³-hybridized carbons (Fsp3) is 0.909. The molecule has 1 N–H and O–H groups in total. The number of carbonyl (C=O) groups excluding carboxylic acids is 1. The summed E-state index contributed by atoms with van der Waals surface area (Å²) < 4.78 is 0. The summed E-state index contributed by atoms with van der Waals surface area (Å²) in [5.41, 5.74) is 0. The molecule has 102 valence electrons. The summed E-state index contributed by atoms with van der Waals surface area (Å²) in [7, 11) is 3.09. The van der Waals surface area contributed by atoms with Crippen molar-refractivity contribution in [2.45, 2.75) is 51.0 Å². The second-order valence-electron chi connectivity index (χ2n) is 1.38. The summed E-state index contributed by atoms with van der Waals surface area (Å²) >= 11 is 0. The van der Waals surface area contributed by atoms with Crippen LogP contribution in [-0.2, 0) is 14.6 Å². The smallest absolute Gasteiger partial charge is 0.216 e. The van der Waals surface area contributed by atoms with E-state index in [-0.39, 0.29) is 43.0 Å². The Labute approximate surface area is 98.3 Å². The van der Waals surface area contributed by atoms with Crippen molar-refractivity contribution < 1.29 is 14.6 Å². The minimum absolute atomic E-state index is 0. The zero-order valence-corrected chi connectivity index (χ0v) is 6.93. The van der Waals surface area contributed by atoms with Crippen LogP contribution < -0.4 is 5.32 Å². The second kappa shape index (κ2) is 50.3. The molecule has 0 unspecified atom stereocenters. The molecule has 0 aliphatic carbocycles. The van der Waals surface area contributed by atoms with Crippen LogP contribution in [0.15, 0.2) is 0 Å². The van der Waals surface area contributed by atoms with Crippen molar-refractivity contribution in [2.24, 2.45) is 0 Å². The molecule has 15 heavy (non-hydrogen) atoms. The van der Waals surface area contributed by atoms with Gasteiger partial charge in [-0.05, 0) is 6.92 Å². The highest BCUT2D eigenvalue weighted by Gasteiger charge is 1.72. The predicted octanol–water partition coefficient (Wildman–Crippen LogP) is 3.52. The van der Waals surface area contributed by atoms with Crippen LogP contribution in [0.5, 0.6) is 0 Å². The van der Waals surface area contributed by atoms with E-state index in [1.54, 1.807) is 7.05 Å². The third-order valence-electron chi connectivity index (χ3n) is 0.588. The van der Waals surface area contributed by atoms with Gasteiger partial charge in [0.25, 0.3) is 0 Å². The first-order valence-corrected chi connectivity index (χ1v) is 3.02. The molecule has 0 rings (SSSR count). The van der Waals surface area contributed by atoms with E-state index in [1.165, 1.54) is 14.0 Å². The summed E-state index contributed by atoms with van der Waals surface area (Å²) in [6.07, 6.45) is 0. The van der Waals surface area contributed by atoms with E-state index >= 15 is 0 Å². The highest BCUT2D eigenvalue weighted by atomic mass is 17.2. The number of hydrogen-bond acceptors (Lipinski definition) is 3. The largest absolute Gasteiger partial charge is 0.359 e. The van der Waals surface area contributed by atoms with E-state index in [0.29, 0.717) is 6.61 Å². The van der Waals surface area contributed by atoms with Gasteiger partial charge in [-0.3, -0.25) is 4.79 Å². The lowest BCUT2D eigenvalue weighted by atomic mass is 10.7. The van der Waals surface area contributed by atoms with Crippen LogP contribution in [0.1, 0.15) is 51.0 Å². The third-order valence-corrected chi connectivity index (χ3v) is 0.588. The van der Waals surface area contributed by atoms with Crippen LogP contribution in [0, 0.1) is 0 Å². The maximum absolute atomic E-state index is 9.70. The average molecular weight is 229 g/mol. The molecule has 0 fully saturated rings.